The average Bonchev–Trinajstić information content (AvgIpc) is 2.68. The Morgan fingerprint density at radius 2 is 1.90 bits per heavy atom. The highest BCUT2D eigenvalue weighted by Crippen LogP contribution is 2.38. The summed E-state index contributed by atoms with van der Waals surface area (Å²) in [5, 5.41) is 7.85. The SMILES string of the molecule is COc1c(C=Cc2ccc(N)nn2)cc(-c2cc(F)c[nH]c2=O)cc1C(C)(C)C. The van der Waals surface area contributed by atoms with E-state index in [1.54, 1.807) is 31.4 Å². The number of nitrogens with one attached hydrogen (secondary N) is 1. The normalized spacial score (nSPS) is 11.8. The Labute approximate surface area is 168 Å². The largest absolute Gasteiger partial charge is 0.496 e. The summed E-state index contributed by atoms with van der Waals surface area (Å²) in [6, 6.07) is 8.29. The van der Waals surface area contributed by atoms with Crippen molar-refractivity contribution in [3.63, 3.8) is 0 Å². The van der Waals surface area contributed by atoms with Crippen molar-refractivity contribution in [1.29, 1.82) is 0 Å². The van der Waals surface area contributed by atoms with E-state index in [0.29, 0.717) is 22.8 Å². The first-order valence-corrected chi connectivity index (χ1v) is 9.07. The first kappa shape index (κ1) is 20.3. The number of aromatic amines is 1. The zero-order chi connectivity index (χ0) is 21.2. The fraction of sp³-hybridized carbons (Fsp3) is 0.227. The molecule has 29 heavy (non-hydrogen) atoms. The van der Waals surface area contributed by atoms with Gasteiger partial charge in [-0.3, -0.25) is 4.79 Å². The van der Waals surface area contributed by atoms with E-state index in [4.69, 9.17) is 10.5 Å². The molecule has 3 aromatic rings. The van der Waals surface area contributed by atoms with E-state index in [9.17, 15) is 9.18 Å². The Morgan fingerprint density at radius 3 is 2.52 bits per heavy atom. The standard InChI is InChI=1S/C22H23FN4O2/c1-22(2,3)18-10-14(17-11-15(23)12-25-21(17)28)9-13(20(18)29-4)5-6-16-7-8-19(24)27-26-16/h5-12H,1-4H3,(H2,24,27)(H,25,28). The number of aromatic nitrogens is 3. The van der Waals surface area contributed by atoms with E-state index in [-0.39, 0.29) is 16.5 Å². The molecule has 0 saturated carbocycles. The highest BCUT2D eigenvalue weighted by atomic mass is 19.1. The fourth-order valence-corrected chi connectivity index (χ4v) is 3.00. The second kappa shape index (κ2) is 7.87. The molecule has 2 heterocycles. The van der Waals surface area contributed by atoms with Crippen LogP contribution in [0.25, 0.3) is 23.3 Å². The van der Waals surface area contributed by atoms with Crippen LogP contribution in [0.15, 0.2) is 41.3 Å². The number of anilines is 1. The molecule has 3 rings (SSSR count). The number of hydrogen-bond acceptors (Lipinski definition) is 5. The highest BCUT2D eigenvalue weighted by Gasteiger charge is 2.23. The van der Waals surface area contributed by atoms with Gasteiger partial charge in [0.15, 0.2) is 0 Å². The maximum Gasteiger partial charge on any atom is 0.256 e. The second-order valence-electron chi connectivity index (χ2n) is 7.67. The van der Waals surface area contributed by atoms with Gasteiger partial charge in [0, 0.05) is 22.9 Å². The third kappa shape index (κ3) is 4.51. The van der Waals surface area contributed by atoms with Gasteiger partial charge in [-0.1, -0.05) is 20.8 Å². The van der Waals surface area contributed by atoms with Crippen LogP contribution in [0.3, 0.4) is 0 Å². The molecule has 1 aromatic carbocycles. The lowest BCUT2D eigenvalue weighted by molar-refractivity contribution is 0.397. The van der Waals surface area contributed by atoms with Crippen LogP contribution in [0.4, 0.5) is 10.2 Å². The fourth-order valence-electron chi connectivity index (χ4n) is 3.00. The maximum absolute atomic E-state index is 13.8. The Balaban J connectivity index is 2.21. The minimum Gasteiger partial charge on any atom is -0.496 e. The first-order chi connectivity index (χ1) is 13.7. The molecular formula is C22H23FN4O2. The van der Waals surface area contributed by atoms with Gasteiger partial charge in [0.1, 0.15) is 17.4 Å². The van der Waals surface area contributed by atoms with E-state index in [1.807, 2.05) is 32.9 Å². The molecule has 2 aromatic heterocycles. The average molecular weight is 394 g/mol. The van der Waals surface area contributed by atoms with E-state index in [0.717, 1.165) is 17.3 Å². The third-order valence-electron chi connectivity index (χ3n) is 4.45. The molecule has 0 unspecified atom stereocenters. The quantitative estimate of drug-likeness (QED) is 0.697. The predicted octanol–water partition coefficient (Wildman–Crippen LogP) is 4.03. The molecule has 0 saturated heterocycles. The van der Waals surface area contributed by atoms with Gasteiger partial charge in [-0.2, -0.15) is 0 Å². The number of nitrogen functional groups attached to an aromatic ring is 1. The van der Waals surface area contributed by atoms with Crippen LogP contribution >= 0.6 is 0 Å². The van der Waals surface area contributed by atoms with E-state index in [1.165, 1.54) is 6.07 Å². The monoisotopic (exact) mass is 394 g/mol. The zero-order valence-electron chi connectivity index (χ0n) is 16.8. The summed E-state index contributed by atoms with van der Waals surface area (Å²) in [5.74, 6) is 0.498. The number of benzene rings is 1. The smallest absolute Gasteiger partial charge is 0.256 e. The molecule has 0 spiro atoms. The first-order valence-electron chi connectivity index (χ1n) is 9.07. The minimum atomic E-state index is -0.512. The third-order valence-corrected chi connectivity index (χ3v) is 4.45. The zero-order valence-corrected chi connectivity index (χ0v) is 16.8. The van der Waals surface area contributed by atoms with E-state index < -0.39 is 5.82 Å². The van der Waals surface area contributed by atoms with Gasteiger partial charge in [-0.05, 0) is 53.5 Å². The van der Waals surface area contributed by atoms with Gasteiger partial charge in [0.25, 0.3) is 5.56 Å². The molecule has 0 radical (unpaired) electrons. The summed E-state index contributed by atoms with van der Waals surface area (Å²) >= 11 is 0. The number of nitrogens with zero attached hydrogens (tertiary/aromatic N) is 2. The number of pyridine rings is 1. The summed E-state index contributed by atoms with van der Waals surface area (Å²) in [7, 11) is 1.60. The molecule has 0 aliphatic heterocycles. The Morgan fingerprint density at radius 1 is 1.14 bits per heavy atom. The van der Waals surface area contributed by atoms with Crippen molar-refractivity contribution in [2.45, 2.75) is 26.2 Å². The van der Waals surface area contributed by atoms with Crippen LogP contribution in [-0.2, 0) is 5.41 Å². The number of hydrogen-bond donors (Lipinski definition) is 2. The van der Waals surface area contributed by atoms with Gasteiger partial charge in [0.05, 0.1) is 12.8 Å². The lowest BCUT2D eigenvalue weighted by Gasteiger charge is -2.24. The van der Waals surface area contributed by atoms with Gasteiger partial charge in [0.2, 0.25) is 0 Å². The van der Waals surface area contributed by atoms with Crippen LogP contribution < -0.4 is 16.0 Å². The molecule has 0 fully saturated rings. The predicted molar refractivity (Wildman–Crippen MR) is 113 cm³/mol. The van der Waals surface area contributed by atoms with Crippen LogP contribution in [0.1, 0.15) is 37.6 Å². The summed E-state index contributed by atoms with van der Waals surface area (Å²) < 4.78 is 19.5. The number of ether oxygens (including phenoxy) is 1. The molecule has 0 aliphatic rings. The Hall–Kier alpha value is -3.48. The van der Waals surface area contributed by atoms with Crippen molar-refractivity contribution >= 4 is 18.0 Å². The van der Waals surface area contributed by atoms with Crippen molar-refractivity contribution in [2.24, 2.45) is 0 Å². The molecule has 0 atom stereocenters. The lowest BCUT2D eigenvalue weighted by Crippen LogP contribution is -2.15. The van der Waals surface area contributed by atoms with Crippen molar-refractivity contribution in [3.8, 4) is 16.9 Å². The summed E-state index contributed by atoms with van der Waals surface area (Å²) in [4.78, 5) is 14.7. The van der Waals surface area contributed by atoms with Gasteiger partial charge < -0.3 is 15.5 Å². The molecular weight excluding hydrogens is 371 g/mol. The molecule has 0 bridgehead atoms. The van der Waals surface area contributed by atoms with Crippen LogP contribution in [0.2, 0.25) is 0 Å². The molecule has 150 valence electrons. The van der Waals surface area contributed by atoms with E-state index in [2.05, 4.69) is 15.2 Å². The number of H-pyrrole nitrogens is 1. The van der Waals surface area contributed by atoms with E-state index >= 15 is 0 Å². The topological polar surface area (TPSA) is 93.9 Å². The maximum atomic E-state index is 13.8. The van der Waals surface area contributed by atoms with Gasteiger partial charge in [-0.15, -0.1) is 10.2 Å². The highest BCUT2D eigenvalue weighted by molar-refractivity contribution is 5.78. The molecule has 7 heteroatoms. The number of nitrogens with two attached hydrogens (primary N) is 1. The summed E-state index contributed by atoms with van der Waals surface area (Å²) in [6.45, 7) is 6.14. The van der Waals surface area contributed by atoms with Crippen LogP contribution in [0, 0.1) is 5.82 Å². The van der Waals surface area contributed by atoms with Crippen molar-refractivity contribution in [2.75, 3.05) is 12.8 Å². The van der Waals surface area contributed by atoms with Crippen LogP contribution in [-0.4, -0.2) is 22.3 Å². The summed E-state index contributed by atoms with van der Waals surface area (Å²) in [6.07, 6.45) is 4.64. The minimum absolute atomic E-state index is 0.250. The molecule has 0 aliphatic carbocycles. The number of halogens is 1. The Kier molecular flexibility index (Phi) is 5.50. The van der Waals surface area contributed by atoms with Crippen molar-refractivity contribution in [3.05, 3.63) is 69.5 Å². The van der Waals surface area contributed by atoms with Crippen molar-refractivity contribution in [1.82, 2.24) is 15.2 Å². The second-order valence-corrected chi connectivity index (χ2v) is 7.67. The van der Waals surface area contributed by atoms with Gasteiger partial charge >= 0.3 is 0 Å². The molecule has 6 nitrogen and oxygen atoms in total. The van der Waals surface area contributed by atoms with Crippen molar-refractivity contribution < 1.29 is 9.13 Å². The number of methoxy groups -OCH3 is 1. The number of rotatable bonds is 4. The molecule has 3 N–H and O–H groups in total. The Bertz CT molecular complexity index is 1110. The van der Waals surface area contributed by atoms with Gasteiger partial charge in [-0.25, -0.2) is 4.39 Å². The molecule has 0 amide bonds. The van der Waals surface area contributed by atoms with Crippen LogP contribution in [0.5, 0.6) is 5.75 Å². The lowest BCUT2D eigenvalue weighted by atomic mass is 9.83. The summed E-state index contributed by atoms with van der Waals surface area (Å²) in [5.41, 5.74) is 8.03.